The predicted molar refractivity (Wildman–Crippen MR) is 120 cm³/mol. The Kier molecular flexibility index (Phi) is 6.50. The van der Waals surface area contributed by atoms with E-state index in [2.05, 4.69) is 15.0 Å². The van der Waals surface area contributed by atoms with Gasteiger partial charge in [-0.15, -0.1) is 0 Å². The average Bonchev–Trinajstić information content (AvgIpc) is 2.83. The number of anilines is 1. The van der Waals surface area contributed by atoms with Crippen LogP contribution in [0.4, 0.5) is 5.95 Å². The first-order valence-corrected chi connectivity index (χ1v) is 10.8. The van der Waals surface area contributed by atoms with E-state index < -0.39 is 0 Å². The van der Waals surface area contributed by atoms with Gasteiger partial charge >= 0.3 is 0 Å². The smallest absolute Gasteiger partial charge is 0.225 e. The summed E-state index contributed by atoms with van der Waals surface area (Å²) in [6, 6.07) is 7.82. The van der Waals surface area contributed by atoms with E-state index in [0.717, 1.165) is 48.2 Å². The first kappa shape index (κ1) is 20.9. The van der Waals surface area contributed by atoms with Crippen LogP contribution < -0.4 is 4.90 Å². The second-order valence-corrected chi connectivity index (χ2v) is 8.05. The molecule has 1 saturated heterocycles. The first-order valence-electron chi connectivity index (χ1n) is 10.8. The molecule has 0 bridgehead atoms. The number of piperidine rings is 1. The fraction of sp³-hybridized carbons (Fsp3) is 0.375. The zero-order valence-corrected chi connectivity index (χ0v) is 18.1. The lowest BCUT2D eigenvalue weighted by molar-refractivity contribution is -0.135. The molecule has 0 saturated carbocycles. The minimum atomic E-state index is -0.0523. The van der Waals surface area contributed by atoms with Gasteiger partial charge in [-0.1, -0.05) is 0 Å². The Bertz CT molecular complexity index is 1010. The number of aryl methyl sites for hydroxylation is 1. The van der Waals surface area contributed by atoms with Crippen molar-refractivity contribution in [3.63, 3.8) is 0 Å². The molecule has 7 nitrogen and oxygen atoms in total. The lowest BCUT2D eigenvalue weighted by atomic mass is 9.93. The summed E-state index contributed by atoms with van der Waals surface area (Å²) in [5.74, 6) is 0.828. The van der Waals surface area contributed by atoms with Crippen LogP contribution in [0, 0.1) is 0 Å². The van der Waals surface area contributed by atoms with Crippen molar-refractivity contribution in [2.45, 2.75) is 38.1 Å². The largest absolute Gasteiger partial charge is 0.347 e. The zero-order chi connectivity index (χ0) is 21.6. The molecule has 31 heavy (non-hydrogen) atoms. The third-order valence-corrected chi connectivity index (χ3v) is 5.71. The maximum Gasteiger partial charge on any atom is 0.225 e. The standard InChI is InChI=1S/C24H28N6O/c1-29(2)24-27-17-20(19-10-14-26-15-11-19)23(28-24)21-5-3-4-16-30(21)22(31)7-6-18-8-12-25-13-9-18/h8-15,17,21H,3-7,16H2,1-2H3/t21-/m0/s1. The lowest BCUT2D eigenvalue weighted by Crippen LogP contribution is -2.39. The van der Waals surface area contributed by atoms with Crippen LogP contribution in [0.15, 0.2) is 55.2 Å². The van der Waals surface area contributed by atoms with Crippen LogP contribution in [0.25, 0.3) is 11.1 Å². The van der Waals surface area contributed by atoms with Crippen LogP contribution in [0.3, 0.4) is 0 Å². The summed E-state index contributed by atoms with van der Waals surface area (Å²) in [6.07, 6.45) is 13.2. The highest BCUT2D eigenvalue weighted by Gasteiger charge is 2.31. The van der Waals surface area contributed by atoms with Gasteiger partial charge in [-0.3, -0.25) is 14.8 Å². The van der Waals surface area contributed by atoms with E-state index in [4.69, 9.17) is 4.98 Å². The molecule has 0 aromatic carbocycles. The van der Waals surface area contributed by atoms with E-state index in [1.807, 2.05) is 54.4 Å². The van der Waals surface area contributed by atoms with E-state index in [1.54, 1.807) is 24.8 Å². The highest BCUT2D eigenvalue weighted by molar-refractivity contribution is 5.78. The predicted octanol–water partition coefficient (Wildman–Crippen LogP) is 3.69. The zero-order valence-electron chi connectivity index (χ0n) is 18.1. The maximum absolute atomic E-state index is 13.3. The van der Waals surface area contributed by atoms with Gasteiger partial charge < -0.3 is 9.80 Å². The Morgan fingerprint density at radius 2 is 1.77 bits per heavy atom. The third-order valence-electron chi connectivity index (χ3n) is 5.71. The average molecular weight is 417 g/mol. The van der Waals surface area contributed by atoms with Gasteiger partial charge in [-0.05, 0) is 61.1 Å². The molecule has 1 aliphatic rings. The molecule has 0 unspecified atom stereocenters. The number of rotatable bonds is 6. The van der Waals surface area contributed by atoms with Gasteiger partial charge in [0, 0.05) is 63.6 Å². The van der Waals surface area contributed by atoms with Crippen LogP contribution in [0.5, 0.6) is 0 Å². The fourth-order valence-electron chi connectivity index (χ4n) is 4.07. The monoisotopic (exact) mass is 416 g/mol. The molecule has 4 rings (SSSR count). The van der Waals surface area contributed by atoms with Crippen molar-refractivity contribution in [3.8, 4) is 11.1 Å². The molecule has 1 fully saturated rings. The van der Waals surface area contributed by atoms with Gasteiger partial charge in [0.15, 0.2) is 0 Å². The molecule has 0 aliphatic carbocycles. The molecular weight excluding hydrogens is 388 g/mol. The van der Waals surface area contributed by atoms with Gasteiger partial charge in [0.25, 0.3) is 0 Å². The van der Waals surface area contributed by atoms with Gasteiger partial charge in [0.1, 0.15) is 0 Å². The summed E-state index contributed by atoms with van der Waals surface area (Å²) in [5, 5.41) is 0. The van der Waals surface area contributed by atoms with Crippen molar-refractivity contribution in [2.24, 2.45) is 0 Å². The number of pyridine rings is 2. The van der Waals surface area contributed by atoms with E-state index in [-0.39, 0.29) is 11.9 Å². The summed E-state index contributed by atoms with van der Waals surface area (Å²) in [6.45, 7) is 0.761. The van der Waals surface area contributed by atoms with Crippen molar-refractivity contribution in [1.82, 2.24) is 24.8 Å². The number of carbonyl (C=O) groups is 1. The van der Waals surface area contributed by atoms with Crippen LogP contribution >= 0.6 is 0 Å². The van der Waals surface area contributed by atoms with Crippen molar-refractivity contribution < 1.29 is 4.79 Å². The molecule has 1 atom stereocenters. The molecule has 3 aromatic rings. The molecule has 0 spiro atoms. The van der Waals surface area contributed by atoms with Gasteiger partial charge in [0.05, 0.1) is 11.7 Å². The number of amides is 1. The van der Waals surface area contributed by atoms with Crippen molar-refractivity contribution in [3.05, 3.63) is 66.5 Å². The number of hydrogen-bond donors (Lipinski definition) is 0. The SMILES string of the molecule is CN(C)c1ncc(-c2ccncc2)c([C@@H]2CCCCN2C(=O)CCc2ccncc2)n1. The van der Waals surface area contributed by atoms with Crippen molar-refractivity contribution in [2.75, 3.05) is 25.5 Å². The molecule has 160 valence electrons. The molecule has 1 amide bonds. The summed E-state index contributed by atoms with van der Waals surface area (Å²) in [5.41, 5.74) is 4.03. The Balaban J connectivity index is 1.65. The Morgan fingerprint density at radius 3 is 2.48 bits per heavy atom. The number of aromatic nitrogens is 4. The Hall–Kier alpha value is -3.35. The van der Waals surface area contributed by atoms with E-state index in [1.165, 1.54) is 0 Å². The molecule has 0 N–H and O–H groups in total. The van der Waals surface area contributed by atoms with Crippen LogP contribution in [0.2, 0.25) is 0 Å². The molecule has 7 heteroatoms. The first-order chi connectivity index (χ1) is 15.1. The number of nitrogens with zero attached hydrogens (tertiary/aromatic N) is 6. The number of likely N-dealkylation sites (tertiary alicyclic amines) is 1. The minimum absolute atomic E-state index is 0.0523. The second-order valence-electron chi connectivity index (χ2n) is 8.05. The molecule has 4 heterocycles. The quantitative estimate of drug-likeness (QED) is 0.610. The number of carbonyl (C=O) groups excluding carboxylic acids is 1. The molecule has 3 aromatic heterocycles. The minimum Gasteiger partial charge on any atom is -0.347 e. The van der Waals surface area contributed by atoms with Crippen molar-refractivity contribution in [1.29, 1.82) is 0 Å². The van der Waals surface area contributed by atoms with Crippen LogP contribution in [-0.4, -0.2) is 51.4 Å². The van der Waals surface area contributed by atoms with Gasteiger partial charge in [-0.25, -0.2) is 9.97 Å². The molecule has 0 radical (unpaired) electrons. The van der Waals surface area contributed by atoms with Crippen LogP contribution in [-0.2, 0) is 11.2 Å². The molecular formula is C24H28N6O. The maximum atomic E-state index is 13.3. The van der Waals surface area contributed by atoms with Gasteiger partial charge in [-0.2, -0.15) is 0 Å². The fourth-order valence-corrected chi connectivity index (χ4v) is 4.07. The topological polar surface area (TPSA) is 75.1 Å². The van der Waals surface area contributed by atoms with Crippen molar-refractivity contribution >= 4 is 11.9 Å². The summed E-state index contributed by atoms with van der Waals surface area (Å²) < 4.78 is 0. The normalized spacial score (nSPS) is 16.2. The van der Waals surface area contributed by atoms with E-state index in [0.29, 0.717) is 18.8 Å². The van der Waals surface area contributed by atoms with Crippen LogP contribution in [0.1, 0.15) is 43.0 Å². The highest BCUT2D eigenvalue weighted by atomic mass is 16.2. The molecule has 1 aliphatic heterocycles. The Morgan fingerprint density at radius 1 is 1.06 bits per heavy atom. The number of hydrogen-bond acceptors (Lipinski definition) is 6. The summed E-state index contributed by atoms with van der Waals surface area (Å²) >= 11 is 0. The highest BCUT2D eigenvalue weighted by Crippen LogP contribution is 2.36. The summed E-state index contributed by atoms with van der Waals surface area (Å²) in [4.78, 5) is 34.8. The Labute approximate surface area is 183 Å². The third kappa shape index (κ3) is 4.87. The van der Waals surface area contributed by atoms with Gasteiger partial charge in [0.2, 0.25) is 11.9 Å². The lowest BCUT2D eigenvalue weighted by Gasteiger charge is -2.36. The van der Waals surface area contributed by atoms with E-state index >= 15 is 0 Å². The van der Waals surface area contributed by atoms with E-state index in [9.17, 15) is 4.79 Å². The second kappa shape index (κ2) is 9.64. The summed E-state index contributed by atoms with van der Waals surface area (Å²) in [7, 11) is 3.87.